The highest BCUT2D eigenvalue weighted by atomic mass is 32.2. The van der Waals surface area contributed by atoms with Crippen molar-refractivity contribution >= 4 is 17.7 Å². The van der Waals surface area contributed by atoms with Gasteiger partial charge < -0.3 is 4.90 Å². The highest BCUT2D eigenvalue weighted by Crippen LogP contribution is 2.36. The zero-order chi connectivity index (χ0) is 18.5. The Kier molecular flexibility index (Phi) is 6.20. The van der Waals surface area contributed by atoms with Gasteiger partial charge in [-0.1, -0.05) is 60.7 Å². The summed E-state index contributed by atoms with van der Waals surface area (Å²) in [7, 11) is 0. The van der Waals surface area contributed by atoms with E-state index in [-0.39, 0.29) is 17.3 Å². The quantitative estimate of drug-likeness (QED) is 0.650. The first kappa shape index (κ1) is 18.8. The fourth-order valence-corrected chi connectivity index (χ4v) is 4.84. The van der Waals surface area contributed by atoms with Gasteiger partial charge in [-0.05, 0) is 50.3 Å². The summed E-state index contributed by atoms with van der Waals surface area (Å²) in [6.45, 7) is 6.26. The van der Waals surface area contributed by atoms with E-state index in [1.165, 1.54) is 16.7 Å². The SMILES string of the molecule is CC1=C(C)C(SCc2ccccc2)N(C(C)CCc2ccccc2)C1=O. The molecule has 2 atom stereocenters. The monoisotopic (exact) mass is 365 g/mol. The van der Waals surface area contributed by atoms with Crippen LogP contribution in [0.5, 0.6) is 0 Å². The van der Waals surface area contributed by atoms with Crippen molar-refractivity contribution in [3.05, 3.63) is 82.9 Å². The predicted octanol–water partition coefficient (Wildman–Crippen LogP) is 5.45. The van der Waals surface area contributed by atoms with Gasteiger partial charge in [-0.2, -0.15) is 0 Å². The van der Waals surface area contributed by atoms with Gasteiger partial charge in [-0.25, -0.2) is 0 Å². The first-order chi connectivity index (χ1) is 12.6. The van der Waals surface area contributed by atoms with Gasteiger partial charge in [-0.15, -0.1) is 11.8 Å². The van der Waals surface area contributed by atoms with Crippen LogP contribution in [0.3, 0.4) is 0 Å². The summed E-state index contributed by atoms with van der Waals surface area (Å²) in [6.07, 6.45) is 1.98. The number of carbonyl (C=O) groups is 1. The maximum Gasteiger partial charge on any atom is 0.250 e. The van der Waals surface area contributed by atoms with Crippen molar-refractivity contribution in [1.29, 1.82) is 0 Å². The van der Waals surface area contributed by atoms with Crippen LogP contribution in [0.1, 0.15) is 38.3 Å². The average Bonchev–Trinajstić information content (AvgIpc) is 2.90. The van der Waals surface area contributed by atoms with Crippen LogP contribution in [0.25, 0.3) is 0 Å². The molecule has 1 heterocycles. The molecular formula is C23H27NOS. The van der Waals surface area contributed by atoms with Gasteiger partial charge >= 0.3 is 0 Å². The molecule has 0 saturated carbocycles. The van der Waals surface area contributed by atoms with E-state index in [2.05, 4.69) is 67.3 Å². The topological polar surface area (TPSA) is 20.3 Å². The van der Waals surface area contributed by atoms with Gasteiger partial charge in [0.15, 0.2) is 0 Å². The summed E-state index contributed by atoms with van der Waals surface area (Å²) in [6, 6.07) is 21.2. The molecule has 26 heavy (non-hydrogen) atoms. The number of rotatable bonds is 7. The summed E-state index contributed by atoms with van der Waals surface area (Å²) < 4.78 is 0. The third-order valence-corrected chi connectivity index (χ3v) is 6.59. The van der Waals surface area contributed by atoms with Crippen LogP contribution in [0.2, 0.25) is 0 Å². The van der Waals surface area contributed by atoms with Crippen LogP contribution in [-0.4, -0.2) is 22.2 Å². The van der Waals surface area contributed by atoms with Crippen LogP contribution < -0.4 is 0 Å². The highest BCUT2D eigenvalue weighted by molar-refractivity contribution is 7.99. The second-order valence-electron chi connectivity index (χ2n) is 7.04. The van der Waals surface area contributed by atoms with E-state index >= 15 is 0 Å². The van der Waals surface area contributed by atoms with E-state index < -0.39 is 0 Å². The van der Waals surface area contributed by atoms with Crippen molar-refractivity contribution in [2.75, 3.05) is 0 Å². The molecule has 0 fully saturated rings. The number of aryl methyl sites for hydroxylation is 1. The molecule has 136 valence electrons. The van der Waals surface area contributed by atoms with Gasteiger partial charge in [0.2, 0.25) is 0 Å². The number of amides is 1. The Morgan fingerprint density at radius 3 is 2.15 bits per heavy atom. The summed E-state index contributed by atoms with van der Waals surface area (Å²) in [5.74, 6) is 1.12. The fraction of sp³-hybridized carbons (Fsp3) is 0.348. The third-order valence-electron chi connectivity index (χ3n) is 5.19. The number of carbonyl (C=O) groups excluding carboxylic acids is 1. The summed E-state index contributed by atoms with van der Waals surface area (Å²) >= 11 is 1.86. The Bertz CT molecular complexity index is 769. The Labute approximate surface area is 161 Å². The third kappa shape index (κ3) is 4.21. The van der Waals surface area contributed by atoms with Crippen molar-refractivity contribution in [3.63, 3.8) is 0 Å². The Hall–Kier alpha value is -2.00. The lowest BCUT2D eigenvalue weighted by Gasteiger charge is -2.32. The van der Waals surface area contributed by atoms with E-state index in [4.69, 9.17) is 0 Å². The molecule has 3 rings (SSSR count). The molecule has 0 bridgehead atoms. The van der Waals surface area contributed by atoms with Gasteiger partial charge in [0.25, 0.3) is 5.91 Å². The molecule has 1 aliphatic heterocycles. The van der Waals surface area contributed by atoms with E-state index in [0.29, 0.717) is 0 Å². The number of nitrogens with zero attached hydrogens (tertiary/aromatic N) is 1. The lowest BCUT2D eigenvalue weighted by Crippen LogP contribution is -2.41. The first-order valence-electron chi connectivity index (χ1n) is 9.27. The number of benzene rings is 2. The molecule has 1 amide bonds. The maximum atomic E-state index is 12.8. The summed E-state index contributed by atoms with van der Waals surface area (Å²) in [4.78, 5) is 14.9. The van der Waals surface area contributed by atoms with Crippen molar-refractivity contribution in [2.24, 2.45) is 0 Å². The van der Waals surface area contributed by atoms with Crippen molar-refractivity contribution < 1.29 is 4.79 Å². The van der Waals surface area contributed by atoms with E-state index in [0.717, 1.165) is 24.2 Å². The maximum absolute atomic E-state index is 12.8. The second kappa shape index (κ2) is 8.59. The van der Waals surface area contributed by atoms with E-state index in [1.807, 2.05) is 30.8 Å². The van der Waals surface area contributed by atoms with Crippen molar-refractivity contribution in [1.82, 2.24) is 4.90 Å². The molecule has 3 heteroatoms. The van der Waals surface area contributed by atoms with Crippen LogP contribution in [-0.2, 0) is 17.0 Å². The standard InChI is InChI=1S/C23H27NOS/c1-17(14-15-20-10-6-4-7-11-20)24-22(25)18(2)19(3)23(24)26-16-21-12-8-5-9-13-21/h4-13,17,23H,14-16H2,1-3H3. The van der Waals surface area contributed by atoms with Gasteiger partial charge in [0.05, 0.1) is 0 Å². The Morgan fingerprint density at radius 1 is 0.962 bits per heavy atom. The number of hydrogen-bond donors (Lipinski definition) is 0. The summed E-state index contributed by atoms with van der Waals surface area (Å²) in [5, 5.41) is 0.147. The minimum atomic E-state index is 0.147. The molecule has 0 aliphatic carbocycles. The van der Waals surface area contributed by atoms with Gasteiger partial charge in [-0.3, -0.25) is 4.79 Å². The molecule has 0 spiro atoms. The number of hydrogen-bond acceptors (Lipinski definition) is 2. The second-order valence-corrected chi connectivity index (χ2v) is 8.11. The molecule has 0 aromatic heterocycles. The van der Waals surface area contributed by atoms with E-state index in [1.54, 1.807) is 0 Å². The Morgan fingerprint density at radius 2 is 1.54 bits per heavy atom. The largest absolute Gasteiger partial charge is 0.320 e. The molecule has 0 N–H and O–H groups in total. The zero-order valence-electron chi connectivity index (χ0n) is 15.8. The first-order valence-corrected chi connectivity index (χ1v) is 10.3. The minimum Gasteiger partial charge on any atom is -0.320 e. The van der Waals surface area contributed by atoms with Crippen LogP contribution >= 0.6 is 11.8 Å². The molecule has 0 radical (unpaired) electrons. The highest BCUT2D eigenvalue weighted by Gasteiger charge is 2.37. The molecular weight excluding hydrogens is 338 g/mol. The predicted molar refractivity (Wildman–Crippen MR) is 111 cm³/mol. The lowest BCUT2D eigenvalue weighted by molar-refractivity contribution is -0.127. The molecule has 1 aliphatic rings. The molecule has 2 nitrogen and oxygen atoms in total. The van der Waals surface area contributed by atoms with Crippen molar-refractivity contribution in [3.8, 4) is 0 Å². The number of thioether (sulfide) groups is 1. The fourth-order valence-electron chi connectivity index (χ4n) is 3.41. The minimum absolute atomic E-state index is 0.147. The molecule has 2 unspecified atom stereocenters. The molecule has 2 aromatic rings. The molecule has 0 saturated heterocycles. The van der Waals surface area contributed by atoms with Gasteiger partial charge in [0, 0.05) is 17.4 Å². The molecule has 2 aromatic carbocycles. The average molecular weight is 366 g/mol. The van der Waals surface area contributed by atoms with E-state index in [9.17, 15) is 4.79 Å². The van der Waals surface area contributed by atoms with Gasteiger partial charge in [0.1, 0.15) is 5.37 Å². The normalized spacial score (nSPS) is 18.5. The smallest absolute Gasteiger partial charge is 0.250 e. The lowest BCUT2D eigenvalue weighted by atomic mass is 10.1. The summed E-state index contributed by atoms with van der Waals surface area (Å²) in [5.41, 5.74) is 4.77. The van der Waals surface area contributed by atoms with Crippen LogP contribution in [0.15, 0.2) is 71.8 Å². The van der Waals surface area contributed by atoms with Crippen LogP contribution in [0.4, 0.5) is 0 Å². The van der Waals surface area contributed by atoms with Crippen molar-refractivity contribution in [2.45, 2.75) is 50.8 Å². The van der Waals surface area contributed by atoms with Crippen LogP contribution in [0, 0.1) is 0 Å². The zero-order valence-corrected chi connectivity index (χ0v) is 16.6. The Balaban J connectivity index is 1.67.